The molecule has 0 aliphatic rings. The lowest BCUT2D eigenvalue weighted by molar-refractivity contribution is -0.159. The van der Waals surface area contributed by atoms with Crippen molar-refractivity contribution in [2.75, 3.05) is 24.7 Å². The van der Waals surface area contributed by atoms with E-state index in [1.54, 1.807) is 12.7 Å². The zero-order chi connectivity index (χ0) is 38.4. The number of aromatic nitrogens is 4. The number of nitrogens with zero attached hydrogens (tertiary/aromatic N) is 2. The number of nitrogens with one attached hydrogen (secondary N) is 2. The second-order valence-electron chi connectivity index (χ2n) is 11.8. The van der Waals surface area contributed by atoms with Crippen LogP contribution in [-0.2, 0) is 30.6 Å². The van der Waals surface area contributed by atoms with Crippen LogP contribution < -0.4 is 0 Å². The third kappa shape index (κ3) is 14.4. The van der Waals surface area contributed by atoms with Crippen LogP contribution in [0.3, 0.4) is 0 Å². The molecule has 0 bridgehead atoms. The number of hydrogen-bond donors (Lipinski definition) is 4. The molecular weight excluding hydrogens is 721 g/mol. The molecular formula is C42H46N4O6S2. The molecule has 0 fully saturated rings. The largest absolute Gasteiger partial charge is 0.473 e. The first kappa shape index (κ1) is 41.6. The van der Waals surface area contributed by atoms with Gasteiger partial charge in [0.05, 0.1) is 37.3 Å². The lowest BCUT2D eigenvalue weighted by Crippen LogP contribution is -2.09. The van der Waals surface area contributed by atoms with Crippen LogP contribution in [0.15, 0.2) is 134 Å². The van der Waals surface area contributed by atoms with Gasteiger partial charge in [-0.25, -0.2) is 19.6 Å². The highest BCUT2D eigenvalue weighted by molar-refractivity contribution is 7.98. The van der Waals surface area contributed by atoms with Crippen LogP contribution in [0.25, 0.3) is 0 Å². The van der Waals surface area contributed by atoms with Crippen molar-refractivity contribution >= 4 is 35.5 Å². The quantitative estimate of drug-likeness (QED) is 0.0557. The summed E-state index contributed by atoms with van der Waals surface area (Å²) in [6.07, 6.45) is 3.48. The number of carbonyl (C=O) groups is 2. The van der Waals surface area contributed by atoms with E-state index < -0.39 is 11.9 Å². The molecule has 10 nitrogen and oxygen atoms in total. The molecule has 2 heterocycles. The number of thioether (sulfide) groups is 2. The van der Waals surface area contributed by atoms with Gasteiger partial charge in [-0.1, -0.05) is 121 Å². The van der Waals surface area contributed by atoms with Gasteiger partial charge in [0.25, 0.3) is 0 Å². The van der Waals surface area contributed by atoms with E-state index in [-0.39, 0.29) is 12.2 Å². The van der Waals surface area contributed by atoms with Gasteiger partial charge >= 0.3 is 11.9 Å². The second-order valence-corrected chi connectivity index (χ2v) is 14.0. The van der Waals surface area contributed by atoms with E-state index in [1.807, 2.05) is 47.8 Å². The highest BCUT2D eigenvalue weighted by Crippen LogP contribution is 2.27. The van der Waals surface area contributed by atoms with Crippen LogP contribution in [0.5, 0.6) is 0 Å². The fourth-order valence-corrected chi connectivity index (χ4v) is 6.82. The number of ether oxygens (including phenoxy) is 2. The van der Waals surface area contributed by atoms with E-state index >= 15 is 0 Å². The summed E-state index contributed by atoms with van der Waals surface area (Å²) in [6.45, 7) is 5.53. The molecule has 4 N–H and O–H groups in total. The number of H-pyrrole nitrogens is 2. The molecule has 54 heavy (non-hydrogen) atoms. The molecule has 0 saturated heterocycles. The Morgan fingerprint density at radius 1 is 0.556 bits per heavy atom. The lowest BCUT2D eigenvalue weighted by atomic mass is 10.0. The van der Waals surface area contributed by atoms with Crippen LogP contribution in [0.4, 0.5) is 0 Å². The summed E-state index contributed by atoms with van der Waals surface area (Å²) in [6, 6.07) is 41.6. The Labute approximate surface area is 324 Å². The first-order valence-electron chi connectivity index (χ1n) is 17.4. The zero-order valence-electron chi connectivity index (χ0n) is 30.3. The zero-order valence-corrected chi connectivity index (χ0v) is 32.0. The maximum atomic E-state index is 9.10. The molecule has 12 heteroatoms. The van der Waals surface area contributed by atoms with Gasteiger partial charge in [-0.2, -0.15) is 23.5 Å². The summed E-state index contributed by atoms with van der Waals surface area (Å²) in [5, 5.41) is 14.8. The summed E-state index contributed by atoms with van der Waals surface area (Å²) >= 11 is 3.70. The van der Waals surface area contributed by atoms with Crippen molar-refractivity contribution < 1.29 is 29.3 Å². The highest BCUT2D eigenvalue weighted by atomic mass is 32.2. The van der Waals surface area contributed by atoms with Crippen molar-refractivity contribution in [1.29, 1.82) is 0 Å². The molecule has 0 saturated carbocycles. The van der Waals surface area contributed by atoms with Crippen molar-refractivity contribution in [2.45, 2.75) is 37.6 Å². The van der Waals surface area contributed by atoms with Gasteiger partial charge in [0.2, 0.25) is 0 Å². The third-order valence-electron chi connectivity index (χ3n) is 7.96. The molecule has 0 radical (unpaired) electrons. The van der Waals surface area contributed by atoms with Gasteiger partial charge < -0.3 is 29.7 Å². The average molecular weight is 767 g/mol. The predicted molar refractivity (Wildman–Crippen MR) is 216 cm³/mol. The molecule has 6 rings (SSSR count). The van der Waals surface area contributed by atoms with Crippen LogP contribution in [0, 0.1) is 13.8 Å². The van der Waals surface area contributed by atoms with Gasteiger partial charge in [0, 0.05) is 34.4 Å². The van der Waals surface area contributed by atoms with Gasteiger partial charge in [-0.15, -0.1) is 0 Å². The normalized spacial score (nSPS) is 10.7. The Kier molecular flexibility index (Phi) is 18.1. The van der Waals surface area contributed by atoms with Crippen LogP contribution in [0.2, 0.25) is 0 Å². The molecule has 282 valence electrons. The summed E-state index contributed by atoms with van der Waals surface area (Å²) in [5.74, 6) is 0.0790. The minimum atomic E-state index is -1.82. The molecule has 0 aliphatic carbocycles. The Morgan fingerprint density at radius 3 is 1.09 bits per heavy atom. The van der Waals surface area contributed by atoms with E-state index in [1.165, 1.54) is 22.3 Å². The van der Waals surface area contributed by atoms with Crippen molar-refractivity contribution in [3.05, 3.63) is 179 Å². The molecule has 0 amide bonds. The number of hydrogen-bond acceptors (Lipinski definition) is 8. The minimum absolute atomic E-state index is 0.0138. The topological polar surface area (TPSA) is 150 Å². The lowest BCUT2D eigenvalue weighted by Gasteiger charge is -2.19. The number of aliphatic carboxylic acids is 2. The molecule has 6 aromatic rings. The van der Waals surface area contributed by atoms with E-state index in [4.69, 9.17) is 29.3 Å². The molecule has 0 unspecified atom stereocenters. The van der Waals surface area contributed by atoms with Crippen molar-refractivity contribution in [2.24, 2.45) is 0 Å². The molecule has 0 spiro atoms. The summed E-state index contributed by atoms with van der Waals surface area (Å²) in [7, 11) is 0. The maximum absolute atomic E-state index is 9.10. The number of aromatic amines is 2. The molecule has 2 aromatic heterocycles. The Bertz CT molecular complexity index is 1710. The second kappa shape index (κ2) is 23.5. The van der Waals surface area contributed by atoms with Crippen molar-refractivity contribution in [1.82, 2.24) is 19.9 Å². The van der Waals surface area contributed by atoms with Crippen LogP contribution >= 0.6 is 23.5 Å². The molecule has 0 atom stereocenters. The predicted octanol–water partition coefficient (Wildman–Crippen LogP) is 8.67. The summed E-state index contributed by atoms with van der Waals surface area (Å²) < 4.78 is 12.4. The minimum Gasteiger partial charge on any atom is -0.473 e. The molecule has 4 aromatic carbocycles. The monoisotopic (exact) mass is 766 g/mol. The van der Waals surface area contributed by atoms with Gasteiger partial charge in [0.1, 0.15) is 12.2 Å². The van der Waals surface area contributed by atoms with E-state index in [9.17, 15) is 0 Å². The molecule has 0 aliphatic heterocycles. The highest BCUT2D eigenvalue weighted by Gasteiger charge is 2.15. The van der Waals surface area contributed by atoms with Crippen LogP contribution in [-0.4, -0.2) is 66.8 Å². The fraction of sp³-hybridized carbons (Fsp3) is 0.238. The first-order valence-corrected chi connectivity index (χ1v) is 19.7. The Balaban J connectivity index is 0.000000209. The SMILES string of the molecule is Cc1[nH]cnc1CSCCOC(c1ccccc1)c1ccccc1.Cc1[nH]cnc1CSCCOC(c1ccccc1)c1ccccc1.O=C(O)C(=O)O. The average Bonchev–Trinajstić information content (AvgIpc) is 3.82. The Morgan fingerprint density at radius 2 is 0.852 bits per heavy atom. The Hall–Kier alpha value is -5.14. The van der Waals surface area contributed by atoms with E-state index in [2.05, 4.69) is 131 Å². The summed E-state index contributed by atoms with van der Waals surface area (Å²) in [4.78, 5) is 33.1. The number of benzene rings is 4. The first-order chi connectivity index (χ1) is 26.3. The smallest absolute Gasteiger partial charge is 0.414 e. The van der Waals surface area contributed by atoms with Crippen molar-refractivity contribution in [3.63, 3.8) is 0 Å². The van der Waals surface area contributed by atoms with Gasteiger partial charge in [0.15, 0.2) is 0 Å². The van der Waals surface area contributed by atoms with Gasteiger partial charge in [-0.05, 0) is 36.1 Å². The van der Waals surface area contributed by atoms with E-state index in [0.717, 1.165) is 45.8 Å². The van der Waals surface area contributed by atoms with Crippen LogP contribution in [0.1, 0.15) is 57.2 Å². The number of carboxylic acid groups (broad SMARTS) is 2. The standard InChI is InChI=1S/2C20H22N2OS.C2H2O4/c2*1-16-19(22-15-21-16)14-24-13-12-23-20(17-8-4-2-5-9-17)18-10-6-3-7-11-18;3-1(4)2(5)6/h2*2-11,15,20H,12-14H2,1H3,(H,21,22);(H,3,4)(H,5,6). The number of carboxylic acids is 2. The third-order valence-corrected chi connectivity index (χ3v) is 9.83. The fourth-order valence-electron chi connectivity index (χ4n) is 5.13. The number of imidazole rings is 2. The number of rotatable bonds is 16. The van der Waals surface area contributed by atoms with Crippen molar-refractivity contribution in [3.8, 4) is 0 Å². The number of aryl methyl sites for hydroxylation is 2. The van der Waals surface area contributed by atoms with E-state index in [0.29, 0.717) is 13.2 Å². The van der Waals surface area contributed by atoms with Gasteiger partial charge in [-0.3, -0.25) is 0 Å². The summed E-state index contributed by atoms with van der Waals surface area (Å²) in [5.41, 5.74) is 9.32. The maximum Gasteiger partial charge on any atom is 0.414 e.